The number of aromatic nitrogens is 2. The fourth-order valence-electron chi connectivity index (χ4n) is 3.60. The molecule has 0 unspecified atom stereocenters. The topological polar surface area (TPSA) is 49.0 Å². The zero-order chi connectivity index (χ0) is 18.4. The van der Waals surface area contributed by atoms with E-state index in [1.54, 1.807) is 0 Å². The van der Waals surface area contributed by atoms with Crippen molar-refractivity contribution in [1.82, 2.24) is 14.9 Å². The molecule has 0 aliphatic carbocycles. The molecule has 0 radical (unpaired) electrons. The molecule has 1 aromatic carbocycles. The molecule has 4 nitrogen and oxygen atoms in total. The van der Waals surface area contributed by atoms with Crippen LogP contribution >= 0.6 is 34.3 Å². The van der Waals surface area contributed by atoms with Gasteiger partial charge in [-0.2, -0.15) is 0 Å². The maximum absolute atomic E-state index is 12.8. The van der Waals surface area contributed by atoms with E-state index in [2.05, 4.69) is 21.3 Å². The number of H-pyrrole nitrogens is 1. The van der Waals surface area contributed by atoms with Crippen LogP contribution in [0, 0.1) is 0 Å². The first-order valence-electron chi connectivity index (χ1n) is 8.72. The maximum Gasteiger partial charge on any atom is 0.260 e. The molecule has 1 N–H and O–H groups in total. The van der Waals surface area contributed by atoms with Crippen molar-refractivity contribution < 1.29 is 0 Å². The van der Waals surface area contributed by atoms with Crippen molar-refractivity contribution in [3.63, 3.8) is 0 Å². The molecule has 27 heavy (non-hydrogen) atoms. The molecule has 1 aliphatic heterocycles. The summed E-state index contributed by atoms with van der Waals surface area (Å²) in [6, 6.07) is 9.78. The SMILES string of the molecule is O=c1[nH]c(CN2CCc3sccc3C2)nc2scc(-c3ccccc3Cl)c12. The first-order chi connectivity index (χ1) is 13.2. The van der Waals surface area contributed by atoms with Crippen LogP contribution in [0.1, 0.15) is 16.3 Å². The van der Waals surface area contributed by atoms with E-state index in [-0.39, 0.29) is 5.56 Å². The highest BCUT2D eigenvalue weighted by atomic mass is 35.5. The van der Waals surface area contributed by atoms with Crippen molar-refractivity contribution in [3.8, 4) is 11.1 Å². The Labute approximate surface area is 169 Å². The number of nitrogens with zero attached hydrogens (tertiary/aromatic N) is 2. The molecular formula is C20H16ClN3OS2. The summed E-state index contributed by atoms with van der Waals surface area (Å²) in [5, 5.41) is 5.38. The Morgan fingerprint density at radius 1 is 1.19 bits per heavy atom. The van der Waals surface area contributed by atoms with Crippen LogP contribution in [0.4, 0.5) is 0 Å². The lowest BCUT2D eigenvalue weighted by atomic mass is 10.1. The Morgan fingerprint density at radius 3 is 2.96 bits per heavy atom. The zero-order valence-electron chi connectivity index (χ0n) is 14.4. The lowest BCUT2D eigenvalue weighted by molar-refractivity contribution is 0.241. The number of aromatic amines is 1. The van der Waals surface area contributed by atoms with E-state index in [0.29, 0.717) is 17.0 Å². The number of rotatable bonds is 3. The molecule has 5 rings (SSSR count). The van der Waals surface area contributed by atoms with Crippen molar-refractivity contribution >= 4 is 44.5 Å². The highest BCUT2D eigenvalue weighted by Crippen LogP contribution is 2.35. The summed E-state index contributed by atoms with van der Waals surface area (Å²) in [6.45, 7) is 2.56. The third-order valence-electron chi connectivity index (χ3n) is 4.92. The fourth-order valence-corrected chi connectivity index (χ4v) is 5.68. The summed E-state index contributed by atoms with van der Waals surface area (Å²) < 4.78 is 0. The summed E-state index contributed by atoms with van der Waals surface area (Å²) >= 11 is 9.65. The van der Waals surface area contributed by atoms with Crippen molar-refractivity contribution in [1.29, 1.82) is 0 Å². The monoisotopic (exact) mass is 413 g/mol. The first-order valence-corrected chi connectivity index (χ1v) is 10.9. The minimum atomic E-state index is -0.0978. The highest BCUT2D eigenvalue weighted by molar-refractivity contribution is 7.17. The second kappa shape index (κ2) is 6.87. The molecule has 0 amide bonds. The number of nitrogens with one attached hydrogen (secondary N) is 1. The number of thiophene rings is 2. The van der Waals surface area contributed by atoms with Crippen LogP contribution in [-0.4, -0.2) is 21.4 Å². The van der Waals surface area contributed by atoms with Gasteiger partial charge in [0.15, 0.2) is 0 Å². The number of halogens is 1. The second-order valence-corrected chi connectivity index (χ2v) is 8.92. The smallest absolute Gasteiger partial charge is 0.260 e. The van der Waals surface area contributed by atoms with Crippen molar-refractivity contribution in [2.75, 3.05) is 6.54 Å². The van der Waals surface area contributed by atoms with E-state index < -0.39 is 0 Å². The van der Waals surface area contributed by atoms with Gasteiger partial charge in [-0.1, -0.05) is 29.8 Å². The number of hydrogen-bond donors (Lipinski definition) is 1. The van der Waals surface area contributed by atoms with Crippen molar-refractivity contribution in [2.24, 2.45) is 0 Å². The van der Waals surface area contributed by atoms with Crippen LogP contribution < -0.4 is 5.56 Å². The molecule has 0 bridgehead atoms. The van der Waals surface area contributed by atoms with Gasteiger partial charge in [-0.05, 0) is 29.5 Å². The van der Waals surface area contributed by atoms with Gasteiger partial charge in [-0.25, -0.2) is 4.98 Å². The van der Waals surface area contributed by atoms with E-state index in [1.807, 2.05) is 41.0 Å². The average molecular weight is 414 g/mol. The molecule has 3 aromatic heterocycles. The van der Waals surface area contributed by atoms with Gasteiger partial charge >= 0.3 is 0 Å². The summed E-state index contributed by atoms with van der Waals surface area (Å²) in [5.41, 5.74) is 3.01. The Bertz CT molecular complexity index is 1190. The summed E-state index contributed by atoms with van der Waals surface area (Å²) in [5.74, 6) is 0.721. The van der Waals surface area contributed by atoms with E-state index in [1.165, 1.54) is 21.8 Å². The maximum atomic E-state index is 12.8. The molecular weight excluding hydrogens is 398 g/mol. The largest absolute Gasteiger partial charge is 0.309 e. The molecule has 4 aromatic rings. The van der Waals surface area contributed by atoms with Gasteiger partial charge in [0.1, 0.15) is 10.7 Å². The van der Waals surface area contributed by atoms with Crippen LogP contribution in [0.25, 0.3) is 21.3 Å². The second-order valence-electron chi connectivity index (χ2n) is 6.65. The van der Waals surface area contributed by atoms with Gasteiger partial charge in [0.2, 0.25) is 0 Å². The molecule has 0 saturated heterocycles. The van der Waals surface area contributed by atoms with Crippen LogP contribution in [0.5, 0.6) is 0 Å². The minimum absolute atomic E-state index is 0.0978. The number of benzene rings is 1. The Kier molecular flexibility index (Phi) is 4.36. The summed E-state index contributed by atoms with van der Waals surface area (Å²) in [6.07, 6.45) is 1.06. The normalized spacial score (nSPS) is 14.6. The summed E-state index contributed by atoms with van der Waals surface area (Å²) in [4.78, 5) is 25.1. The van der Waals surface area contributed by atoms with Crippen molar-refractivity contribution in [2.45, 2.75) is 19.5 Å². The standard InChI is InChI=1S/C20H16ClN3OS2/c21-15-4-2-1-3-13(15)14-11-27-20-18(14)19(25)22-17(23-20)10-24-7-5-16-12(9-24)6-8-26-16/h1-4,6,8,11H,5,7,9-10H2,(H,22,23,25). The van der Waals surface area contributed by atoms with E-state index in [4.69, 9.17) is 16.6 Å². The Balaban J connectivity index is 1.48. The van der Waals surface area contributed by atoms with E-state index >= 15 is 0 Å². The molecule has 136 valence electrons. The molecule has 0 spiro atoms. The third kappa shape index (κ3) is 3.12. The molecule has 0 fully saturated rings. The lowest BCUT2D eigenvalue weighted by Crippen LogP contribution is -2.30. The van der Waals surface area contributed by atoms with Gasteiger partial charge in [0, 0.05) is 39.5 Å². The number of fused-ring (bicyclic) bond motifs is 2. The molecule has 0 saturated carbocycles. The quantitative estimate of drug-likeness (QED) is 0.518. The number of hydrogen-bond acceptors (Lipinski definition) is 5. The predicted molar refractivity (Wildman–Crippen MR) is 113 cm³/mol. The van der Waals surface area contributed by atoms with Crippen LogP contribution in [0.15, 0.2) is 45.9 Å². The fraction of sp³-hybridized carbons (Fsp3) is 0.200. The third-order valence-corrected chi connectivity index (χ3v) is 7.14. The first kappa shape index (κ1) is 17.1. The van der Waals surface area contributed by atoms with Crippen molar-refractivity contribution in [3.05, 3.63) is 72.7 Å². The van der Waals surface area contributed by atoms with Crippen LogP contribution in [0.3, 0.4) is 0 Å². The summed E-state index contributed by atoms with van der Waals surface area (Å²) in [7, 11) is 0. The average Bonchev–Trinajstić information content (AvgIpc) is 3.29. The molecule has 1 aliphatic rings. The highest BCUT2D eigenvalue weighted by Gasteiger charge is 2.19. The lowest BCUT2D eigenvalue weighted by Gasteiger charge is -2.26. The molecule has 7 heteroatoms. The van der Waals surface area contributed by atoms with Gasteiger partial charge in [-0.15, -0.1) is 22.7 Å². The van der Waals surface area contributed by atoms with Crippen LogP contribution in [-0.2, 0) is 19.5 Å². The Morgan fingerprint density at radius 2 is 2.07 bits per heavy atom. The molecule has 4 heterocycles. The van der Waals surface area contributed by atoms with Gasteiger partial charge in [0.25, 0.3) is 5.56 Å². The van der Waals surface area contributed by atoms with E-state index in [9.17, 15) is 4.79 Å². The predicted octanol–water partition coefficient (Wildman–Crippen LogP) is 4.92. The van der Waals surface area contributed by atoms with Gasteiger partial charge < -0.3 is 4.98 Å². The van der Waals surface area contributed by atoms with Gasteiger partial charge in [0.05, 0.1) is 11.9 Å². The van der Waals surface area contributed by atoms with E-state index in [0.717, 1.165) is 41.3 Å². The Hall–Kier alpha value is -1.99. The zero-order valence-corrected chi connectivity index (χ0v) is 16.8. The van der Waals surface area contributed by atoms with Crippen LogP contribution in [0.2, 0.25) is 5.02 Å². The molecule has 0 atom stereocenters. The van der Waals surface area contributed by atoms with Gasteiger partial charge in [-0.3, -0.25) is 9.69 Å². The minimum Gasteiger partial charge on any atom is -0.309 e.